The van der Waals surface area contributed by atoms with Crippen LogP contribution in [0.3, 0.4) is 0 Å². The molecule has 0 fully saturated rings. The summed E-state index contributed by atoms with van der Waals surface area (Å²) in [5.41, 5.74) is 0.567. The molecule has 1 atom stereocenters. The highest BCUT2D eigenvalue weighted by atomic mass is 16.5. The number of amides is 1. The van der Waals surface area contributed by atoms with Crippen LogP contribution in [0.15, 0.2) is 12.1 Å². The lowest BCUT2D eigenvalue weighted by molar-refractivity contribution is -0.125. The zero-order valence-corrected chi connectivity index (χ0v) is 17.2. The van der Waals surface area contributed by atoms with E-state index in [1.54, 1.807) is 13.0 Å². The van der Waals surface area contributed by atoms with Gasteiger partial charge in [0.25, 0.3) is 5.91 Å². The van der Waals surface area contributed by atoms with E-state index >= 15 is 0 Å². The Kier molecular flexibility index (Phi) is 7.41. The highest BCUT2D eigenvalue weighted by Gasteiger charge is 2.30. The molecule has 0 saturated heterocycles. The van der Waals surface area contributed by atoms with E-state index in [-0.39, 0.29) is 29.1 Å². The van der Waals surface area contributed by atoms with Gasteiger partial charge in [-0.05, 0) is 41.9 Å². The summed E-state index contributed by atoms with van der Waals surface area (Å²) in [6, 6.07) is 5.55. The number of phenols is 1. The van der Waals surface area contributed by atoms with Gasteiger partial charge in [0.2, 0.25) is 0 Å². The predicted octanol–water partition coefficient (Wildman–Crippen LogP) is 3.85. The molecule has 0 aromatic heterocycles. The molecule has 2 N–H and O–H groups in total. The van der Waals surface area contributed by atoms with Crippen molar-refractivity contribution >= 4 is 11.9 Å². The molecule has 0 aliphatic carbocycles. The highest BCUT2D eigenvalue weighted by molar-refractivity contribution is 5.94. The summed E-state index contributed by atoms with van der Waals surface area (Å²) >= 11 is 0. The number of benzene rings is 1. The molecule has 0 spiro atoms. The Morgan fingerprint density at radius 2 is 1.78 bits per heavy atom. The third-order valence-corrected chi connectivity index (χ3v) is 4.79. The second-order valence-electron chi connectivity index (χ2n) is 7.91. The number of aromatic hydroxyl groups is 1. The topological polar surface area (TPSA) is 99.4 Å². The number of rotatable bonds is 7. The number of hydrogen-bond donors (Lipinski definition) is 2. The SMILES string of the molecule is CC(C)c1cc(C(=O)OCC(=O)NC(C)(C#N)C(C)C)c(O)c(C(C)C)c1. The van der Waals surface area contributed by atoms with Crippen molar-refractivity contribution in [3.05, 3.63) is 28.8 Å². The van der Waals surface area contributed by atoms with Crippen molar-refractivity contribution in [2.75, 3.05) is 6.61 Å². The molecular weight excluding hydrogens is 344 g/mol. The van der Waals surface area contributed by atoms with Gasteiger partial charge in [0.15, 0.2) is 6.61 Å². The molecule has 27 heavy (non-hydrogen) atoms. The number of esters is 1. The molecule has 0 saturated carbocycles. The fourth-order valence-electron chi connectivity index (χ4n) is 2.45. The van der Waals surface area contributed by atoms with Crippen LogP contribution in [0.4, 0.5) is 0 Å². The number of carbonyl (C=O) groups excluding carboxylic acids is 2. The van der Waals surface area contributed by atoms with Gasteiger partial charge < -0.3 is 15.2 Å². The van der Waals surface area contributed by atoms with Gasteiger partial charge >= 0.3 is 5.97 Å². The normalized spacial score (nSPS) is 13.4. The van der Waals surface area contributed by atoms with E-state index in [1.165, 1.54) is 0 Å². The van der Waals surface area contributed by atoms with Crippen molar-refractivity contribution in [1.29, 1.82) is 5.26 Å². The maximum Gasteiger partial charge on any atom is 0.342 e. The largest absolute Gasteiger partial charge is 0.507 e. The van der Waals surface area contributed by atoms with Crippen molar-refractivity contribution in [1.82, 2.24) is 5.32 Å². The molecule has 1 aromatic carbocycles. The minimum Gasteiger partial charge on any atom is -0.507 e. The third kappa shape index (κ3) is 5.46. The minimum atomic E-state index is -1.05. The second-order valence-corrected chi connectivity index (χ2v) is 7.91. The van der Waals surface area contributed by atoms with E-state index in [2.05, 4.69) is 11.4 Å². The molecule has 1 unspecified atom stereocenters. The quantitative estimate of drug-likeness (QED) is 0.706. The number of nitrogens with zero attached hydrogens (tertiary/aromatic N) is 1. The van der Waals surface area contributed by atoms with Crippen molar-refractivity contribution in [3.8, 4) is 11.8 Å². The van der Waals surface area contributed by atoms with E-state index in [4.69, 9.17) is 4.74 Å². The Labute approximate surface area is 161 Å². The summed E-state index contributed by atoms with van der Waals surface area (Å²) < 4.78 is 5.09. The lowest BCUT2D eigenvalue weighted by Crippen LogP contribution is -2.50. The average Bonchev–Trinajstić information content (AvgIpc) is 2.58. The van der Waals surface area contributed by atoms with Crippen LogP contribution in [0.5, 0.6) is 5.75 Å². The van der Waals surface area contributed by atoms with Crippen LogP contribution < -0.4 is 5.32 Å². The molecule has 6 heteroatoms. The highest BCUT2D eigenvalue weighted by Crippen LogP contribution is 2.33. The van der Waals surface area contributed by atoms with E-state index in [9.17, 15) is 20.0 Å². The Hall–Kier alpha value is -2.55. The van der Waals surface area contributed by atoms with Crippen molar-refractivity contribution in [3.63, 3.8) is 0 Å². The van der Waals surface area contributed by atoms with Crippen molar-refractivity contribution in [2.45, 2.75) is 65.8 Å². The predicted molar refractivity (Wildman–Crippen MR) is 104 cm³/mol. The molecule has 0 bridgehead atoms. The van der Waals surface area contributed by atoms with Crippen LogP contribution in [0, 0.1) is 17.2 Å². The number of carbonyl (C=O) groups is 2. The maximum absolute atomic E-state index is 12.5. The summed E-state index contributed by atoms with van der Waals surface area (Å²) in [5, 5.41) is 22.3. The van der Waals surface area contributed by atoms with E-state index in [1.807, 2.05) is 47.6 Å². The Bertz CT molecular complexity index is 747. The first-order chi connectivity index (χ1) is 12.4. The van der Waals surface area contributed by atoms with E-state index < -0.39 is 24.0 Å². The van der Waals surface area contributed by atoms with Gasteiger partial charge in [-0.25, -0.2) is 4.79 Å². The number of nitrogens with one attached hydrogen (secondary N) is 1. The Morgan fingerprint density at radius 3 is 2.22 bits per heavy atom. The van der Waals surface area contributed by atoms with Gasteiger partial charge in [-0.15, -0.1) is 0 Å². The Balaban J connectivity index is 2.98. The molecular formula is C21H30N2O4. The number of ether oxygens (including phenoxy) is 1. The molecule has 1 aromatic rings. The zero-order chi connectivity index (χ0) is 20.9. The van der Waals surface area contributed by atoms with Gasteiger partial charge in [-0.1, -0.05) is 47.6 Å². The van der Waals surface area contributed by atoms with Crippen LogP contribution in [-0.2, 0) is 9.53 Å². The molecule has 0 aliphatic heterocycles. The summed E-state index contributed by atoms with van der Waals surface area (Å²) in [7, 11) is 0. The van der Waals surface area contributed by atoms with Crippen LogP contribution in [0.1, 0.15) is 81.8 Å². The summed E-state index contributed by atoms with van der Waals surface area (Å²) in [5.74, 6) is -1.37. The lowest BCUT2D eigenvalue weighted by Gasteiger charge is -2.27. The van der Waals surface area contributed by atoms with Gasteiger partial charge in [-0.3, -0.25) is 4.79 Å². The zero-order valence-electron chi connectivity index (χ0n) is 17.2. The minimum absolute atomic E-state index is 0.0286. The first-order valence-electron chi connectivity index (χ1n) is 9.19. The van der Waals surface area contributed by atoms with Gasteiger partial charge in [0, 0.05) is 0 Å². The second kappa shape index (κ2) is 8.90. The molecule has 1 rings (SSSR count). The van der Waals surface area contributed by atoms with Gasteiger partial charge in [-0.2, -0.15) is 5.26 Å². The van der Waals surface area contributed by atoms with E-state index in [0.29, 0.717) is 5.56 Å². The Morgan fingerprint density at radius 1 is 1.19 bits per heavy atom. The van der Waals surface area contributed by atoms with Crippen LogP contribution in [0.2, 0.25) is 0 Å². The molecule has 1 amide bonds. The monoisotopic (exact) mass is 374 g/mol. The van der Waals surface area contributed by atoms with Crippen molar-refractivity contribution in [2.24, 2.45) is 5.92 Å². The summed E-state index contributed by atoms with van der Waals surface area (Å²) in [4.78, 5) is 24.6. The van der Waals surface area contributed by atoms with Gasteiger partial charge in [0.05, 0.1) is 6.07 Å². The molecule has 0 heterocycles. The molecule has 148 valence electrons. The van der Waals surface area contributed by atoms with Crippen molar-refractivity contribution < 1.29 is 19.4 Å². The van der Waals surface area contributed by atoms with Gasteiger partial charge in [0.1, 0.15) is 16.9 Å². The average molecular weight is 374 g/mol. The molecule has 0 radical (unpaired) electrons. The first kappa shape index (κ1) is 22.5. The van der Waals surface area contributed by atoms with Crippen LogP contribution >= 0.6 is 0 Å². The fourth-order valence-corrected chi connectivity index (χ4v) is 2.45. The third-order valence-electron chi connectivity index (χ3n) is 4.79. The van der Waals surface area contributed by atoms with Crippen LogP contribution in [-0.4, -0.2) is 29.1 Å². The van der Waals surface area contributed by atoms with Crippen LogP contribution in [0.25, 0.3) is 0 Å². The standard InChI is InChI=1S/C21H30N2O4/c1-12(2)15-8-16(13(3)4)19(25)17(9-15)20(26)27-10-18(24)23-21(7,11-22)14(5)6/h8-9,12-14,25H,10H2,1-7H3,(H,23,24). The maximum atomic E-state index is 12.5. The fraction of sp³-hybridized carbons (Fsp3) is 0.571. The molecule has 0 aliphatic rings. The summed E-state index contributed by atoms with van der Waals surface area (Å²) in [6.07, 6.45) is 0. The number of hydrogen-bond acceptors (Lipinski definition) is 5. The van der Waals surface area contributed by atoms with E-state index in [0.717, 1.165) is 5.56 Å². The first-order valence-corrected chi connectivity index (χ1v) is 9.19. The molecule has 6 nitrogen and oxygen atoms in total. The lowest BCUT2D eigenvalue weighted by atomic mass is 9.90. The smallest absolute Gasteiger partial charge is 0.342 e. The summed E-state index contributed by atoms with van der Waals surface area (Å²) in [6.45, 7) is 12.6. The number of phenolic OH excluding ortho intramolecular Hbond substituents is 1. The number of nitriles is 1.